The van der Waals surface area contributed by atoms with Crippen LogP contribution in [0.1, 0.15) is 30.7 Å². The molecule has 1 aliphatic carbocycles. The summed E-state index contributed by atoms with van der Waals surface area (Å²) in [6.45, 7) is 2.04. The monoisotopic (exact) mass is 271 g/mol. The van der Waals surface area contributed by atoms with E-state index in [0.29, 0.717) is 11.7 Å². The molecule has 0 aliphatic heterocycles. The fourth-order valence-electron chi connectivity index (χ4n) is 1.90. The maximum absolute atomic E-state index is 6.15. The van der Waals surface area contributed by atoms with Crippen molar-refractivity contribution in [1.29, 1.82) is 0 Å². The molecule has 92 valence electrons. The van der Waals surface area contributed by atoms with Gasteiger partial charge in [0.1, 0.15) is 0 Å². The molecule has 1 aliphatic rings. The summed E-state index contributed by atoms with van der Waals surface area (Å²) in [6.07, 6.45) is 3.06. The number of aromatic nitrogens is 2. The maximum Gasteiger partial charge on any atom is 0.259 e. The van der Waals surface area contributed by atoms with E-state index in [1.165, 1.54) is 5.56 Å². The van der Waals surface area contributed by atoms with E-state index in [4.69, 9.17) is 10.3 Å². The molecule has 0 bridgehead atoms. The highest BCUT2D eigenvalue weighted by molar-refractivity contribution is 7.08. The molecule has 1 saturated carbocycles. The van der Waals surface area contributed by atoms with E-state index < -0.39 is 0 Å². The summed E-state index contributed by atoms with van der Waals surface area (Å²) < 4.78 is 5.28. The Morgan fingerprint density at radius 3 is 2.71 bits per heavy atom. The summed E-state index contributed by atoms with van der Waals surface area (Å²) >= 11 is 1.64. The van der Waals surface area contributed by atoms with Gasteiger partial charge in [0.15, 0.2) is 5.82 Å². The van der Waals surface area contributed by atoms with Crippen LogP contribution >= 0.6 is 23.7 Å². The Bertz CT molecular complexity index is 518. The smallest absolute Gasteiger partial charge is 0.259 e. The summed E-state index contributed by atoms with van der Waals surface area (Å²) in [5, 5.41) is 8.10. The normalized spacial score (nSPS) is 17.3. The first-order chi connectivity index (χ1) is 7.69. The van der Waals surface area contributed by atoms with E-state index in [1.54, 1.807) is 11.3 Å². The quantitative estimate of drug-likeness (QED) is 0.912. The number of nitrogens with zero attached hydrogens (tertiary/aromatic N) is 2. The van der Waals surface area contributed by atoms with E-state index in [1.807, 2.05) is 12.3 Å². The van der Waals surface area contributed by atoms with Crippen LogP contribution in [0.25, 0.3) is 11.5 Å². The van der Waals surface area contributed by atoms with Gasteiger partial charge in [-0.05, 0) is 37.1 Å². The summed E-state index contributed by atoms with van der Waals surface area (Å²) in [4.78, 5) is 4.41. The highest BCUT2D eigenvalue weighted by Crippen LogP contribution is 2.38. The SMILES string of the molecule is Cc1cscc1-c1nc(C2(N)CCC2)no1.Cl. The van der Waals surface area contributed by atoms with Crippen molar-refractivity contribution in [3.05, 3.63) is 22.1 Å². The van der Waals surface area contributed by atoms with E-state index >= 15 is 0 Å². The second kappa shape index (κ2) is 4.40. The van der Waals surface area contributed by atoms with Gasteiger partial charge in [-0.25, -0.2) is 0 Å². The van der Waals surface area contributed by atoms with Gasteiger partial charge in [-0.15, -0.1) is 12.4 Å². The number of aryl methyl sites for hydroxylation is 1. The Balaban J connectivity index is 0.00000108. The molecule has 0 atom stereocenters. The molecule has 6 heteroatoms. The van der Waals surface area contributed by atoms with Gasteiger partial charge in [0.2, 0.25) is 0 Å². The molecule has 0 saturated heterocycles. The molecule has 0 aromatic carbocycles. The van der Waals surface area contributed by atoms with Crippen LogP contribution in [0.5, 0.6) is 0 Å². The fraction of sp³-hybridized carbons (Fsp3) is 0.455. The Kier molecular flexibility index (Phi) is 3.25. The third-order valence-electron chi connectivity index (χ3n) is 3.20. The van der Waals surface area contributed by atoms with Crippen LogP contribution in [0.4, 0.5) is 0 Å². The molecule has 3 rings (SSSR count). The summed E-state index contributed by atoms with van der Waals surface area (Å²) in [7, 11) is 0. The average Bonchev–Trinajstić information content (AvgIpc) is 2.82. The molecule has 2 heterocycles. The topological polar surface area (TPSA) is 64.9 Å². The predicted molar refractivity (Wildman–Crippen MR) is 69.3 cm³/mol. The summed E-state index contributed by atoms with van der Waals surface area (Å²) in [5.41, 5.74) is 7.99. The number of hydrogen-bond acceptors (Lipinski definition) is 5. The highest BCUT2D eigenvalue weighted by atomic mass is 35.5. The molecule has 0 radical (unpaired) electrons. The van der Waals surface area contributed by atoms with Crippen molar-refractivity contribution in [1.82, 2.24) is 10.1 Å². The Hall–Kier alpha value is -0.910. The molecule has 2 aromatic heterocycles. The minimum Gasteiger partial charge on any atom is -0.334 e. The molecular formula is C11H14ClN3OS. The zero-order valence-electron chi connectivity index (χ0n) is 9.47. The second-order valence-corrected chi connectivity index (χ2v) is 5.14. The number of halogens is 1. The van der Waals surface area contributed by atoms with Crippen molar-refractivity contribution in [3.8, 4) is 11.5 Å². The third kappa shape index (κ3) is 1.99. The van der Waals surface area contributed by atoms with Crippen LogP contribution in [-0.4, -0.2) is 10.1 Å². The van der Waals surface area contributed by atoms with E-state index in [-0.39, 0.29) is 17.9 Å². The molecule has 2 N–H and O–H groups in total. The number of hydrogen-bond donors (Lipinski definition) is 1. The third-order valence-corrected chi connectivity index (χ3v) is 4.06. The molecule has 4 nitrogen and oxygen atoms in total. The van der Waals surface area contributed by atoms with Crippen LogP contribution in [-0.2, 0) is 5.54 Å². The standard InChI is InChI=1S/C11H13N3OS.ClH/c1-7-5-16-6-8(7)9-13-10(14-15-9)11(12)3-2-4-11;/h5-6H,2-4,12H2,1H3;1H. The molecule has 2 aromatic rings. The van der Waals surface area contributed by atoms with E-state index in [9.17, 15) is 0 Å². The zero-order valence-corrected chi connectivity index (χ0v) is 11.1. The van der Waals surface area contributed by atoms with Gasteiger partial charge in [0.05, 0.1) is 11.1 Å². The molecule has 0 unspecified atom stereocenters. The zero-order chi connectivity index (χ0) is 11.2. The van der Waals surface area contributed by atoms with E-state index in [0.717, 1.165) is 24.8 Å². The van der Waals surface area contributed by atoms with Crippen molar-refractivity contribution in [2.24, 2.45) is 5.73 Å². The van der Waals surface area contributed by atoms with Crippen LogP contribution in [0.3, 0.4) is 0 Å². The number of rotatable bonds is 2. The lowest BCUT2D eigenvalue weighted by atomic mass is 9.77. The Labute approximate surface area is 110 Å². The number of thiophene rings is 1. The van der Waals surface area contributed by atoms with Crippen molar-refractivity contribution in [2.45, 2.75) is 31.7 Å². The lowest BCUT2D eigenvalue weighted by molar-refractivity contribution is 0.229. The van der Waals surface area contributed by atoms with Gasteiger partial charge < -0.3 is 10.3 Å². The predicted octanol–water partition coefficient (Wildman–Crippen LogP) is 2.87. The Morgan fingerprint density at radius 2 is 2.18 bits per heavy atom. The van der Waals surface area contributed by atoms with Crippen LogP contribution in [0, 0.1) is 6.92 Å². The molecule has 17 heavy (non-hydrogen) atoms. The molecular weight excluding hydrogens is 258 g/mol. The summed E-state index contributed by atoms with van der Waals surface area (Å²) in [5.74, 6) is 1.24. The molecule has 0 amide bonds. The molecule has 1 fully saturated rings. The van der Waals surface area contributed by atoms with Crippen molar-refractivity contribution in [2.75, 3.05) is 0 Å². The number of nitrogens with two attached hydrogens (primary N) is 1. The van der Waals surface area contributed by atoms with E-state index in [2.05, 4.69) is 15.5 Å². The van der Waals surface area contributed by atoms with Crippen molar-refractivity contribution in [3.63, 3.8) is 0 Å². The fourth-order valence-corrected chi connectivity index (χ4v) is 2.72. The molecule has 0 spiro atoms. The maximum atomic E-state index is 6.15. The van der Waals surface area contributed by atoms with Gasteiger partial charge in [0, 0.05) is 5.38 Å². The van der Waals surface area contributed by atoms with Gasteiger partial charge in [0.25, 0.3) is 5.89 Å². The van der Waals surface area contributed by atoms with Crippen LogP contribution in [0.2, 0.25) is 0 Å². The highest BCUT2D eigenvalue weighted by Gasteiger charge is 2.39. The second-order valence-electron chi connectivity index (χ2n) is 4.40. The largest absolute Gasteiger partial charge is 0.334 e. The first kappa shape index (κ1) is 12.5. The van der Waals surface area contributed by atoms with Crippen molar-refractivity contribution < 1.29 is 4.52 Å². The van der Waals surface area contributed by atoms with Crippen LogP contribution in [0.15, 0.2) is 15.3 Å². The lowest BCUT2D eigenvalue weighted by Gasteiger charge is -2.34. The first-order valence-corrected chi connectivity index (χ1v) is 6.29. The van der Waals surface area contributed by atoms with Gasteiger partial charge >= 0.3 is 0 Å². The lowest BCUT2D eigenvalue weighted by Crippen LogP contribution is -2.44. The van der Waals surface area contributed by atoms with Gasteiger partial charge in [-0.3, -0.25) is 0 Å². The average molecular weight is 272 g/mol. The van der Waals surface area contributed by atoms with Crippen LogP contribution < -0.4 is 5.73 Å². The van der Waals surface area contributed by atoms with Gasteiger partial charge in [-0.2, -0.15) is 16.3 Å². The first-order valence-electron chi connectivity index (χ1n) is 5.35. The Morgan fingerprint density at radius 1 is 1.41 bits per heavy atom. The van der Waals surface area contributed by atoms with Gasteiger partial charge in [-0.1, -0.05) is 5.16 Å². The summed E-state index contributed by atoms with van der Waals surface area (Å²) in [6, 6.07) is 0. The van der Waals surface area contributed by atoms with Crippen molar-refractivity contribution >= 4 is 23.7 Å². The minimum absolute atomic E-state index is 0. The minimum atomic E-state index is -0.342.